The molecule has 3 rings (SSSR count). The van der Waals surface area contributed by atoms with E-state index in [1.54, 1.807) is 0 Å². The minimum Gasteiger partial charge on any atom is -0.378 e. The molecular weight excluding hydrogens is 260 g/mol. The first-order valence-electron chi connectivity index (χ1n) is 6.83. The molecule has 3 nitrogen and oxygen atoms in total. The van der Waals surface area contributed by atoms with Gasteiger partial charge in [-0.2, -0.15) is 0 Å². The van der Waals surface area contributed by atoms with E-state index in [2.05, 4.69) is 23.3 Å². The van der Waals surface area contributed by atoms with E-state index in [0.29, 0.717) is 12.0 Å². The van der Waals surface area contributed by atoms with Crippen LogP contribution in [0.4, 0.5) is 0 Å². The number of benzene rings is 1. The van der Waals surface area contributed by atoms with Crippen LogP contribution in [0, 0.1) is 5.92 Å². The summed E-state index contributed by atoms with van der Waals surface area (Å²) in [5, 5.41) is 5.41. The van der Waals surface area contributed by atoms with Gasteiger partial charge in [0.05, 0.1) is 11.1 Å². The predicted molar refractivity (Wildman–Crippen MR) is 78.5 cm³/mol. The van der Waals surface area contributed by atoms with Crippen molar-refractivity contribution < 1.29 is 4.74 Å². The molecule has 102 valence electrons. The molecule has 0 bridgehead atoms. The van der Waals surface area contributed by atoms with E-state index in [-0.39, 0.29) is 0 Å². The molecule has 4 heteroatoms. The first kappa shape index (κ1) is 13.0. The van der Waals surface area contributed by atoms with Crippen molar-refractivity contribution in [3.8, 4) is 0 Å². The zero-order chi connectivity index (χ0) is 13.2. The third-order valence-corrected chi connectivity index (χ3v) is 4.39. The van der Waals surface area contributed by atoms with Crippen molar-refractivity contribution in [2.75, 3.05) is 13.2 Å². The number of aromatic amines is 1. The normalized spacial score (nSPS) is 23.3. The summed E-state index contributed by atoms with van der Waals surface area (Å²) in [5.74, 6) is 0.614. The summed E-state index contributed by atoms with van der Waals surface area (Å²) in [5.41, 5.74) is 2.16. The van der Waals surface area contributed by atoms with E-state index in [1.165, 1.54) is 0 Å². The second kappa shape index (κ2) is 5.53. The summed E-state index contributed by atoms with van der Waals surface area (Å²) in [6.07, 6.45) is 1.51. The van der Waals surface area contributed by atoms with Gasteiger partial charge in [-0.25, -0.2) is 0 Å². The largest absolute Gasteiger partial charge is 0.378 e. The van der Waals surface area contributed by atoms with E-state index in [0.717, 1.165) is 47.7 Å². The number of H-pyrrole nitrogens is 1. The lowest BCUT2D eigenvalue weighted by Gasteiger charge is -2.14. The molecule has 0 amide bonds. The molecule has 0 radical (unpaired) electrons. The number of ether oxygens (including phenoxy) is 1. The third kappa shape index (κ3) is 2.64. The molecule has 2 aromatic rings. The average Bonchev–Trinajstić information content (AvgIpc) is 2.96. The number of fused-ring (bicyclic) bond motifs is 1. The molecule has 1 aromatic carbocycles. The maximum atomic E-state index is 6.39. The van der Waals surface area contributed by atoms with Crippen LogP contribution < -0.4 is 5.32 Å². The fourth-order valence-electron chi connectivity index (χ4n) is 2.71. The Morgan fingerprint density at radius 1 is 1.42 bits per heavy atom. The van der Waals surface area contributed by atoms with Gasteiger partial charge in [-0.15, -0.1) is 0 Å². The molecule has 1 aliphatic rings. The predicted octanol–water partition coefficient (Wildman–Crippen LogP) is 3.34. The van der Waals surface area contributed by atoms with Crippen LogP contribution in [0.2, 0.25) is 5.02 Å². The number of hydrogen-bond acceptors (Lipinski definition) is 2. The molecule has 1 aromatic heterocycles. The number of halogens is 1. The Kier molecular flexibility index (Phi) is 3.78. The molecule has 1 aliphatic heterocycles. The molecular formula is C15H19ClN2O. The summed E-state index contributed by atoms with van der Waals surface area (Å²) < 4.78 is 5.57. The van der Waals surface area contributed by atoms with Crippen LogP contribution in [0.25, 0.3) is 10.9 Å². The van der Waals surface area contributed by atoms with Gasteiger partial charge in [-0.3, -0.25) is 0 Å². The maximum absolute atomic E-state index is 6.39. The smallest absolute Gasteiger partial charge is 0.0705 e. The Balaban J connectivity index is 1.63. The first-order valence-corrected chi connectivity index (χ1v) is 7.21. The number of nitrogens with one attached hydrogen (secondary N) is 2. The lowest BCUT2D eigenvalue weighted by atomic mass is 10.0. The van der Waals surface area contributed by atoms with Gasteiger partial charge < -0.3 is 15.0 Å². The minimum atomic E-state index is 0.366. The summed E-state index contributed by atoms with van der Waals surface area (Å²) >= 11 is 6.39. The van der Waals surface area contributed by atoms with Crippen molar-refractivity contribution in [1.82, 2.24) is 10.3 Å². The Labute approximate surface area is 118 Å². The highest BCUT2D eigenvalue weighted by molar-refractivity contribution is 6.36. The van der Waals surface area contributed by atoms with E-state index in [4.69, 9.17) is 16.3 Å². The fraction of sp³-hybridized carbons (Fsp3) is 0.467. The van der Waals surface area contributed by atoms with Gasteiger partial charge in [-0.05, 0) is 25.3 Å². The Bertz CT molecular complexity index is 566. The molecule has 1 saturated heterocycles. The van der Waals surface area contributed by atoms with Crippen molar-refractivity contribution in [2.45, 2.75) is 26.0 Å². The van der Waals surface area contributed by atoms with Gasteiger partial charge in [0.15, 0.2) is 0 Å². The molecule has 1 fully saturated rings. The van der Waals surface area contributed by atoms with Gasteiger partial charge in [0, 0.05) is 36.3 Å². The van der Waals surface area contributed by atoms with Crippen molar-refractivity contribution >= 4 is 22.5 Å². The summed E-state index contributed by atoms with van der Waals surface area (Å²) in [6, 6.07) is 8.13. The molecule has 2 heterocycles. The van der Waals surface area contributed by atoms with Crippen LogP contribution in [0.1, 0.15) is 19.0 Å². The van der Waals surface area contributed by atoms with Crippen molar-refractivity contribution in [1.29, 1.82) is 0 Å². The molecule has 0 aliphatic carbocycles. The molecule has 19 heavy (non-hydrogen) atoms. The van der Waals surface area contributed by atoms with E-state index in [9.17, 15) is 0 Å². The summed E-state index contributed by atoms with van der Waals surface area (Å²) in [4.78, 5) is 3.37. The van der Waals surface area contributed by atoms with E-state index in [1.807, 2.05) is 18.2 Å². The monoisotopic (exact) mass is 278 g/mol. The molecule has 2 atom stereocenters. The highest BCUT2D eigenvalue weighted by atomic mass is 35.5. The molecule has 0 saturated carbocycles. The van der Waals surface area contributed by atoms with Crippen molar-refractivity contribution in [3.05, 3.63) is 35.0 Å². The summed E-state index contributed by atoms with van der Waals surface area (Å²) in [6.45, 7) is 4.79. The lowest BCUT2D eigenvalue weighted by molar-refractivity contribution is 0.105. The minimum absolute atomic E-state index is 0.366. The van der Waals surface area contributed by atoms with Crippen molar-refractivity contribution in [2.24, 2.45) is 5.92 Å². The van der Waals surface area contributed by atoms with Crippen LogP contribution in [-0.4, -0.2) is 24.2 Å². The quantitative estimate of drug-likeness (QED) is 0.900. The Morgan fingerprint density at radius 2 is 2.26 bits per heavy atom. The molecule has 2 unspecified atom stereocenters. The fourth-order valence-corrected chi connectivity index (χ4v) is 2.99. The maximum Gasteiger partial charge on any atom is 0.0705 e. The standard InChI is InChI=1S/C15H19ClN2O/c1-10-11(6-7-19-10)8-17-9-14-15(16)12-4-2-3-5-13(12)18-14/h2-5,10-11,17-18H,6-9H2,1H3. The highest BCUT2D eigenvalue weighted by Crippen LogP contribution is 2.27. The van der Waals surface area contributed by atoms with Gasteiger partial charge in [0.1, 0.15) is 0 Å². The van der Waals surface area contributed by atoms with Crippen LogP contribution >= 0.6 is 11.6 Å². The number of para-hydroxylation sites is 1. The van der Waals surface area contributed by atoms with Crippen molar-refractivity contribution in [3.63, 3.8) is 0 Å². The van der Waals surface area contributed by atoms with E-state index < -0.39 is 0 Å². The second-order valence-electron chi connectivity index (χ2n) is 5.22. The topological polar surface area (TPSA) is 37.0 Å². The van der Waals surface area contributed by atoms with Gasteiger partial charge in [0.25, 0.3) is 0 Å². The third-order valence-electron chi connectivity index (χ3n) is 3.96. The Hall–Kier alpha value is -1.03. The zero-order valence-electron chi connectivity index (χ0n) is 11.1. The van der Waals surface area contributed by atoms with Crippen LogP contribution in [-0.2, 0) is 11.3 Å². The van der Waals surface area contributed by atoms with E-state index >= 15 is 0 Å². The highest BCUT2D eigenvalue weighted by Gasteiger charge is 2.23. The van der Waals surface area contributed by atoms with Gasteiger partial charge >= 0.3 is 0 Å². The van der Waals surface area contributed by atoms with Crippen LogP contribution in [0.15, 0.2) is 24.3 Å². The first-order chi connectivity index (χ1) is 9.25. The summed E-state index contributed by atoms with van der Waals surface area (Å²) in [7, 11) is 0. The van der Waals surface area contributed by atoms with Crippen LogP contribution in [0.5, 0.6) is 0 Å². The number of aromatic nitrogens is 1. The number of rotatable bonds is 4. The van der Waals surface area contributed by atoms with Gasteiger partial charge in [-0.1, -0.05) is 29.8 Å². The number of hydrogen-bond donors (Lipinski definition) is 2. The molecule has 0 spiro atoms. The second-order valence-corrected chi connectivity index (χ2v) is 5.60. The lowest BCUT2D eigenvalue weighted by Crippen LogP contribution is -2.26. The van der Waals surface area contributed by atoms with Crippen LogP contribution in [0.3, 0.4) is 0 Å². The average molecular weight is 279 g/mol. The molecule has 2 N–H and O–H groups in total. The van der Waals surface area contributed by atoms with Gasteiger partial charge in [0.2, 0.25) is 0 Å². The SMILES string of the molecule is CC1OCCC1CNCc1[nH]c2ccccc2c1Cl. The Morgan fingerprint density at radius 3 is 3.00 bits per heavy atom. The zero-order valence-corrected chi connectivity index (χ0v) is 11.8.